The Balaban J connectivity index is 2.41. The Kier molecular flexibility index (Phi) is 3.33. The molecule has 1 heterocycles. The molecule has 0 saturated carbocycles. The molecule has 2 nitrogen and oxygen atoms in total. The lowest BCUT2D eigenvalue weighted by molar-refractivity contribution is 1.32. The van der Waals surface area contributed by atoms with E-state index in [4.69, 9.17) is 0 Å². The summed E-state index contributed by atoms with van der Waals surface area (Å²) in [7, 11) is 0. The molecular formula is C15H16N2. The lowest BCUT2D eigenvalue weighted by Gasteiger charge is -2.05. The molecule has 1 aromatic carbocycles. The first-order valence-corrected chi connectivity index (χ1v) is 5.70. The first-order chi connectivity index (χ1) is 8.16. The highest BCUT2D eigenvalue weighted by Gasteiger charge is 2.01. The fraction of sp³-hybridized carbons (Fsp3) is 0.200. The Hall–Kier alpha value is -1.96. The molecule has 0 atom stereocenters. The predicted molar refractivity (Wildman–Crippen MR) is 72.9 cm³/mol. The molecule has 0 bridgehead atoms. The van der Waals surface area contributed by atoms with Crippen molar-refractivity contribution in [3.8, 4) is 11.1 Å². The number of pyridine rings is 1. The van der Waals surface area contributed by atoms with Gasteiger partial charge in [-0.15, -0.1) is 0 Å². The van der Waals surface area contributed by atoms with E-state index >= 15 is 0 Å². The minimum absolute atomic E-state index is 1.04. The molecule has 0 aliphatic heterocycles. The first-order valence-electron chi connectivity index (χ1n) is 5.70. The van der Waals surface area contributed by atoms with Gasteiger partial charge in [0.1, 0.15) is 0 Å². The van der Waals surface area contributed by atoms with Crippen molar-refractivity contribution in [2.45, 2.75) is 20.8 Å². The van der Waals surface area contributed by atoms with Crippen molar-refractivity contribution in [1.82, 2.24) is 4.98 Å². The molecular weight excluding hydrogens is 208 g/mol. The zero-order valence-corrected chi connectivity index (χ0v) is 10.4. The summed E-state index contributed by atoms with van der Waals surface area (Å²) in [6.07, 6.45) is 3.62. The number of benzene rings is 1. The highest BCUT2D eigenvalue weighted by Crippen LogP contribution is 2.26. The van der Waals surface area contributed by atoms with Crippen LogP contribution in [0, 0.1) is 6.92 Å². The van der Waals surface area contributed by atoms with E-state index in [2.05, 4.69) is 35.1 Å². The van der Waals surface area contributed by atoms with Crippen LogP contribution >= 0.6 is 0 Å². The van der Waals surface area contributed by atoms with Gasteiger partial charge in [0.05, 0.1) is 5.69 Å². The summed E-state index contributed by atoms with van der Waals surface area (Å²) in [6, 6.07) is 10.4. The smallest absolute Gasteiger partial charge is 0.0658 e. The Morgan fingerprint density at radius 3 is 2.29 bits per heavy atom. The SMILES string of the molecule is CC(C)=Nc1ccc(-c2ccncc2)cc1C. The average Bonchev–Trinajstić information content (AvgIpc) is 2.32. The second-order valence-corrected chi connectivity index (χ2v) is 4.30. The number of aliphatic imine (C=N–C) groups is 1. The Labute approximate surface area is 102 Å². The summed E-state index contributed by atoms with van der Waals surface area (Å²) in [5.41, 5.74) is 5.71. The van der Waals surface area contributed by atoms with Crippen LogP contribution in [0.5, 0.6) is 0 Å². The molecule has 1 aromatic heterocycles. The number of aromatic nitrogens is 1. The maximum atomic E-state index is 4.50. The van der Waals surface area contributed by atoms with Crippen LogP contribution in [-0.4, -0.2) is 10.7 Å². The van der Waals surface area contributed by atoms with Gasteiger partial charge in [-0.05, 0) is 61.7 Å². The minimum Gasteiger partial charge on any atom is -0.265 e. The van der Waals surface area contributed by atoms with Crippen molar-refractivity contribution in [3.05, 3.63) is 48.3 Å². The zero-order chi connectivity index (χ0) is 12.3. The zero-order valence-electron chi connectivity index (χ0n) is 10.4. The molecule has 0 fully saturated rings. The summed E-state index contributed by atoms with van der Waals surface area (Å²) < 4.78 is 0. The van der Waals surface area contributed by atoms with Gasteiger partial charge in [-0.2, -0.15) is 0 Å². The van der Waals surface area contributed by atoms with Gasteiger partial charge in [0, 0.05) is 18.1 Å². The van der Waals surface area contributed by atoms with Crippen LogP contribution < -0.4 is 0 Å². The van der Waals surface area contributed by atoms with Crippen LogP contribution in [0.25, 0.3) is 11.1 Å². The van der Waals surface area contributed by atoms with Crippen LogP contribution in [0.1, 0.15) is 19.4 Å². The first kappa shape index (κ1) is 11.5. The largest absolute Gasteiger partial charge is 0.265 e. The molecule has 0 N–H and O–H groups in total. The molecule has 2 aromatic rings. The van der Waals surface area contributed by atoms with Gasteiger partial charge in [-0.1, -0.05) is 6.07 Å². The normalized spacial score (nSPS) is 10.1. The molecule has 0 spiro atoms. The molecule has 0 saturated heterocycles. The highest BCUT2D eigenvalue weighted by molar-refractivity contribution is 5.83. The van der Waals surface area contributed by atoms with Crippen molar-refractivity contribution < 1.29 is 0 Å². The third-order valence-corrected chi connectivity index (χ3v) is 2.55. The van der Waals surface area contributed by atoms with Gasteiger partial charge in [-0.3, -0.25) is 9.98 Å². The second kappa shape index (κ2) is 4.91. The van der Waals surface area contributed by atoms with Crippen LogP contribution in [-0.2, 0) is 0 Å². The predicted octanol–water partition coefficient (Wildman–Crippen LogP) is 4.17. The van der Waals surface area contributed by atoms with E-state index in [1.165, 1.54) is 16.7 Å². The number of aryl methyl sites for hydroxylation is 1. The number of nitrogens with zero attached hydrogens (tertiary/aromatic N) is 2. The quantitative estimate of drug-likeness (QED) is 0.703. The van der Waals surface area contributed by atoms with E-state index in [0.29, 0.717) is 0 Å². The summed E-state index contributed by atoms with van der Waals surface area (Å²) in [6.45, 7) is 6.11. The number of hydrogen-bond acceptors (Lipinski definition) is 2. The summed E-state index contributed by atoms with van der Waals surface area (Å²) >= 11 is 0. The molecule has 2 heteroatoms. The summed E-state index contributed by atoms with van der Waals surface area (Å²) in [5.74, 6) is 0. The molecule has 0 radical (unpaired) electrons. The van der Waals surface area contributed by atoms with E-state index in [9.17, 15) is 0 Å². The molecule has 0 unspecified atom stereocenters. The van der Waals surface area contributed by atoms with Crippen LogP contribution in [0.4, 0.5) is 5.69 Å². The van der Waals surface area contributed by atoms with Crippen molar-refractivity contribution in [2.24, 2.45) is 4.99 Å². The van der Waals surface area contributed by atoms with Crippen LogP contribution in [0.2, 0.25) is 0 Å². The van der Waals surface area contributed by atoms with Crippen molar-refractivity contribution in [2.75, 3.05) is 0 Å². The Morgan fingerprint density at radius 2 is 1.71 bits per heavy atom. The molecule has 2 rings (SSSR count). The van der Waals surface area contributed by atoms with Gasteiger partial charge in [0.15, 0.2) is 0 Å². The fourth-order valence-corrected chi connectivity index (χ4v) is 1.75. The molecule has 0 aliphatic rings. The Morgan fingerprint density at radius 1 is 1.00 bits per heavy atom. The standard InChI is InChI=1S/C15H16N2/c1-11(2)17-15-5-4-14(10-12(15)3)13-6-8-16-9-7-13/h4-10H,1-3H3. The van der Waals surface area contributed by atoms with Gasteiger partial charge in [0.2, 0.25) is 0 Å². The average molecular weight is 224 g/mol. The number of hydrogen-bond donors (Lipinski definition) is 0. The van der Waals surface area contributed by atoms with Gasteiger partial charge in [0.25, 0.3) is 0 Å². The van der Waals surface area contributed by atoms with E-state index in [1.807, 2.05) is 38.4 Å². The van der Waals surface area contributed by atoms with Gasteiger partial charge >= 0.3 is 0 Å². The topological polar surface area (TPSA) is 25.2 Å². The van der Waals surface area contributed by atoms with E-state index in [-0.39, 0.29) is 0 Å². The summed E-state index contributed by atoms with van der Waals surface area (Å²) in [4.78, 5) is 8.53. The van der Waals surface area contributed by atoms with Gasteiger partial charge < -0.3 is 0 Å². The third-order valence-electron chi connectivity index (χ3n) is 2.55. The second-order valence-electron chi connectivity index (χ2n) is 4.30. The van der Waals surface area contributed by atoms with E-state index in [1.54, 1.807) is 0 Å². The number of rotatable bonds is 2. The van der Waals surface area contributed by atoms with Crippen molar-refractivity contribution in [1.29, 1.82) is 0 Å². The molecule has 17 heavy (non-hydrogen) atoms. The third kappa shape index (κ3) is 2.78. The van der Waals surface area contributed by atoms with Gasteiger partial charge in [-0.25, -0.2) is 0 Å². The Bertz CT molecular complexity index is 538. The minimum atomic E-state index is 1.04. The highest BCUT2D eigenvalue weighted by atomic mass is 14.7. The van der Waals surface area contributed by atoms with Crippen LogP contribution in [0.3, 0.4) is 0 Å². The lowest BCUT2D eigenvalue weighted by Crippen LogP contribution is -1.84. The molecule has 0 amide bonds. The maximum absolute atomic E-state index is 4.50. The van der Waals surface area contributed by atoms with Crippen LogP contribution in [0.15, 0.2) is 47.7 Å². The van der Waals surface area contributed by atoms with E-state index < -0.39 is 0 Å². The van der Waals surface area contributed by atoms with Crippen molar-refractivity contribution >= 4 is 11.4 Å². The lowest BCUT2D eigenvalue weighted by atomic mass is 10.0. The summed E-state index contributed by atoms with van der Waals surface area (Å²) in [5, 5.41) is 0. The maximum Gasteiger partial charge on any atom is 0.0658 e. The van der Waals surface area contributed by atoms with Crippen molar-refractivity contribution in [3.63, 3.8) is 0 Å². The van der Waals surface area contributed by atoms with E-state index in [0.717, 1.165) is 11.4 Å². The monoisotopic (exact) mass is 224 g/mol. The molecule has 0 aliphatic carbocycles. The fourth-order valence-electron chi connectivity index (χ4n) is 1.75. The molecule has 86 valence electrons.